The van der Waals surface area contributed by atoms with Crippen molar-refractivity contribution in [1.82, 2.24) is 15.5 Å². The number of ether oxygens (including phenoxy) is 1. The number of aryl methyl sites for hydroxylation is 1. The molecule has 0 amide bonds. The zero-order chi connectivity index (χ0) is 20.0. The maximum Gasteiger partial charge on any atom is 0.191 e. The number of morpholine rings is 1. The fraction of sp³-hybridized carbons (Fsp3) is 0.682. The van der Waals surface area contributed by atoms with Crippen molar-refractivity contribution in [3.05, 3.63) is 29.8 Å². The minimum absolute atomic E-state index is 0. The Hall–Kier alpha value is -1.06. The van der Waals surface area contributed by atoms with Gasteiger partial charge in [0.15, 0.2) is 5.96 Å². The molecule has 0 saturated carbocycles. The van der Waals surface area contributed by atoms with E-state index in [4.69, 9.17) is 9.73 Å². The van der Waals surface area contributed by atoms with Crippen LogP contribution in [0.2, 0.25) is 0 Å². The van der Waals surface area contributed by atoms with E-state index in [1.807, 2.05) is 0 Å². The van der Waals surface area contributed by atoms with Crippen LogP contribution in [-0.4, -0.2) is 76.4 Å². The standard InChI is InChI=1S/C22H39N5O.HI/c1-4-23-22(24-11-6-7-13-26-15-17-28-18-16-26)25-12-14-27(5-2)21-10-8-9-20(3)19-21;/h8-10,19H,4-7,11-18H2,1-3H3,(H2,23,24,25);1H. The van der Waals surface area contributed by atoms with Crippen molar-refractivity contribution in [3.8, 4) is 0 Å². The van der Waals surface area contributed by atoms with E-state index in [2.05, 4.69) is 65.5 Å². The first-order chi connectivity index (χ1) is 13.7. The van der Waals surface area contributed by atoms with Gasteiger partial charge < -0.3 is 20.3 Å². The number of anilines is 1. The first-order valence-corrected chi connectivity index (χ1v) is 10.9. The summed E-state index contributed by atoms with van der Waals surface area (Å²) in [6.45, 7) is 16.1. The van der Waals surface area contributed by atoms with Gasteiger partial charge in [-0.2, -0.15) is 0 Å². The topological polar surface area (TPSA) is 52.1 Å². The summed E-state index contributed by atoms with van der Waals surface area (Å²) in [6, 6.07) is 8.70. The summed E-state index contributed by atoms with van der Waals surface area (Å²) < 4.78 is 5.40. The highest BCUT2D eigenvalue weighted by molar-refractivity contribution is 14.0. The molecule has 1 aromatic carbocycles. The van der Waals surface area contributed by atoms with Crippen molar-refractivity contribution in [2.45, 2.75) is 33.6 Å². The smallest absolute Gasteiger partial charge is 0.191 e. The van der Waals surface area contributed by atoms with E-state index in [-0.39, 0.29) is 24.0 Å². The summed E-state index contributed by atoms with van der Waals surface area (Å²) in [5.41, 5.74) is 2.59. The quantitative estimate of drug-likeness (QED) is 0.205. The average molecular weight is 518 g/mol. The summed E-state index contributed by atoms with van der Waals surface area (Å²) in [4.78, 5) is 9.62. The molecule has 1 heterocycles. The van der Waals surface area contributed by atoms with Crippen molar-refractivity contribution >= 4 is 35.6 Å². The molecule has 166 valence electrons. The molecule has 1 aromatic rings. The van der Waals surface area contributed by atoms with Gasteiger partial charge in [-0.1, -0.05) is 12.1 Å². The molecule has 29 heavy (non-hydrogen) atoms. The highest BCUT2D eigenvalue weighted by Crippen LogP contribution is 2.14. The number of halogens is 1. The third-order valence-electron chi connectivity index (χ3n) is 5.02. The summed E-state index contributed by atoms with van der Waals surface area (Å²) in [7, 11) is 0. The van der Waals surface area contributed by atoms with Gasteiger partial charge in [0, 0.05) is 51.5 Å². The largest absolute Gasteiger partial charge is 0.379 e. The van der Waals surface area contributed by atoms with E-state index in [0.717, 1.165) is 78.0 Å². The normalized spacial score (nSPS) is 14.9. The van der Waals surface area contributed by atoms with Crippen LogP contribution < -0.4 is 15.5 Å². The van der Waals surface area contributed by atoms with E-state index in [9.17, 15) is 0 Å². The molecule has 2 rings (SSSR count). The van der Waals surface area contributed by atoms with Crippen LogP contribution in [0, 0.1) is 6.92 Å². The number of nitrogens with one attached hydrogen (secondary N) is 2. The van der Waals surface area contributed by atoms with Crippen LogP contribution in [-0.2, 0) is 4.74 Å². The molecule has 1 aliphatic heterocycles. The molecule has 0 atom stereocenters. The summed E-state index contributed by atoms with van der Waals surface area (Å²) in [5, 5.41) is 6.84. The van der Waals surface area contributed by atoms with Crippen LogP contribution in [0.5, 0.6) is 0 Å². The first kappa shape index (κ1) is 26.0. The summed E-state index contributed by atoms with van der Waals surface area (Å²) in [6.07, 6.45) is 2.32. The molecule has 1 fully saturated rings. The fourth-order valence-corrected chi connectivity index (χ4v) is 3.41. The van der Waals surface area contributed by atoms with Crippen LogP contribution in [0.3, 0.4) is 0 Å². The maximum atomic E-state index is 5.40. The van der Waals surface area contributed by atoms with E-state index < -0.39 is 0 Å². The SMILES string of the molecule is CCNC(=NCCCCN1CCOCC1)NCCN(CC)c1cccc(C)c1.I. The molecule has 0 bridgehead atoms. The second-order valence-corrected chi connectivity index (χ2v) is 7.27. The minimum atomic E-state index is 0. The van der Waals surface area contributed by atoms with Crippen molar-refractivity contribution in [1.29, 1.82) is 0 Å². The van der Waals surface area contributed by atoms with Gasteiger partial charge in [-0.15, -0.1) is 24.0 Å². The Bertz CT molecular complexity index is 578. The van der Waals surface area contributed by atoms with Gasteiger partial charge in [-0.25, -0.2) is 0 Å². The summed E-state index contributed by atoms with van der Waals surface area (Å²) >= 11 is 0. The lowest BCUT2D eigenvalue weighted by Crippen LogP contribution is -2.41. The number of hydrogen-bond acceptors (Lipinski definition) is 4. The predicted octanol–water partition coefficient (Wildman–Crippen LogP) is 3.11. The number of unbranched alkanes of at least 4 members (excludes halogenated alkanes) is 1. The van der Waals surface area contributed by atoms with Crippen LogP contribution >= 0.6 is 24.0 Å². The van der Waals surface area contributed by atoms with Crippen molar-refractivity contribution in [2.75, 3.05) is 70.5 Å². The number of nitrogens with zero attached hydrogens (tertiary/aromatic N) is 3. The third kappa shape index (κ3) is 10.5. The lowest BCUT2D eigenvalue weighted by molar-refractivity contribution is 0.0373. The molecule has 0 radical (unpaired) electrons. The molecule has 0 aromatic heterocycles. The number of benzene rings is 1. The van der Waals surface area contributed by atoms with E-state index in [0.29, 0.717) is 0 Å². The monoisotopic (exact) mass is 517 g/mol. The van der Waals surface area contributed by atoms with E-state index in [1.54, 1.807) is 0 Å². The van der Waals surface area contributed by atoms with Crippen molar-refractivity contribution in [2.24, 2.45) is 4.99 Å². The predicted molar refractivity (Wildman–Crippen MR) is 135 cm³/mol. The Morgan fingerprint density at radius 2 is 1.97 bits per heavy atom. The number of likely N-dealkylation sites (N-methyl/N-ethyl adjacent to an activating group) is 1. The van der Waals surface area contributed by atoms with Gasteiger partial charge in [0.25, 0.3) is 0 Å². The molecular formula is C22H40IN5O. The maximum absolute atomic E-state index is 5.40. The second-order valence-electron chi connectivity index (χ2n) is 7.27. The Morgan fingerprint density at radius 1 is 1.17 bits per heavy atom. The van der Waals surface area contributed by atoms with Crippen LogP contribution in [0.15, 0.2) is 29.3 Å². The number of aliphatic imine (C=N–C) groups is 1. The van der Waals surface area contributed by atoms with Gasteiger partial charge >= 0.3 is 0 Å². The average Bonchev–Trinajstić information content (AvgIpc) is 2.71. The van der Waals surface area contributed by atoms with E-state index in [1.165, 1.54) is 17.7 Å². The second kappa shape index (κ2) is 15.7. The molecule has 7 heteroatoms. The van der Waals surface area contributed by atoms with Crippen LogP contribution in [0.25, 0.3) is 0 Å². The van der Waals surface area contributed by atoms with Crippen LogP contribution in [0.4, 0.5) is 5.69 Å². The Kier molecular flexibility index (Phi) is 14.1. The number of hydrogen-bond donors (Lipinski definition) is 2. The minimum Gasteiger partial charge on any atom is -0.379 e. The lowest BCUT2D eigenvalue weighted by Gasteiger charge is -2.26. The van der Waals surface area contributed by atoms with Gasteiger partial charge in [0.2, 0.25) is 0 Å². The van der Waals surface area contributed by atoms with Crippen molar-refractivity contribution in [3.63, 3.8) is 0 Å². The molecule has 0 unspecified atom stereocenters. The summed E-state index contributed by atoms with van der Waals surface area (Å²) in [5.74, 6) is 0.925. The molecule has 1 saturated heterocycles. The fourth-order valence-electron chi connectivity index (χ4n) is 3.41. The highest BCUT2D eigenvalue weighted by Gasteiger charge is 2.09. The van der Waals surface area contributed by atoms with Gasteiger partial charge in [-0.05, 0) is 57.9 Å². The third-order valence-corrected chi connectivity index (χ3v) is 5.02. The number of guanidine groups is 1. The molecule has 1 aliphatic rings. The highest BCUT2D eigenvalue weighted by atomic mass is 127. The Labute approximate surface area is 194 Å². The molecular weight excluding hydrogens is 477 g/mol. The molecule has 0 spiro atoms. The Morgan fingerprint density at radius 3 is 2.66 bits per heavy atom. The van der Waals surface area contributed by atoms with Crippen LogP contribution in [0.1, 0.15) is 32.3 Å². The zero-order valence-corrected chi connectivity index (χ0v) is 20.8. The first-order valence-electron chi connectivity index (χ1n) is 10.9. The number of rotatable bonds is 11. The molecule has 2 N–H and O–H groups in total. The zero-order valence-electron chi connectivity index (χ0n) is 18.5. The lowest BCUT2D eigenvalue weighted by atomic mass is 10.2. The molecule has 6 nitrogen and oxygen atoms in total. The van der Waals surface area contributed by atoms with E-state index >= 15 is 0 Å². The van der Waals surface area contributed by atoms with Gasteiger partial charge in [0.05, 0.1) is 13.2 Å². The Balaban J connectivity index is 0.00000420. The molecule has 0 aliphatic carbocycles. The van der Waals surface area contributed by atoms with Gasteiger partial charge in [0.1, 0.15) is 0 Å². The van der Waals surface area contributed by atoms with Crippen molar-refractivity contribution < 1.29 is 4.74 Å². The van der Waals surface area contributed by atoms with Gasteiger partial charge in [-0.3, -0.25) is 9.89 Å².